The summed E-state index contributed by atoms with van der Waals surface area (Å²) >= 11 is 0. The van der Waals surface area contributed by atoms with E-state index in [1.807, 2.05) is 19.1 Å². The van der Waals surface area contributed by atoms with E-state index in [0.29, 0.717) is 23.3 Å². The van der Waals surface area contributed by atoms with Crippen LogP contribution in [-0.2, 0) is 11.2 Å². The van der Waals surface area contributed by atoms with E-state index in [1.54, 1.807) is 20.1 Å². The zero-order chi connectivity index (χ0) is 17.1. The van der Waals surface area contributed by atoms with Crippen LogP contribution in [0.1, 0.15) is 35.9 Å². The van der Waals surface area contributed by atoms with Gasteiger partial charge in [-0.1, -0.05) is 5.16 Å². The largest absolute Gasteiger partial charge is 0.469 e. The summed E-state index contributed by atoms with van der Waals surface area (Å²) in [5.74, 6) is 0.678. The molecule has 3 rings (SSSR count). The predicted molar refractivity (Wildman–Crippen MR) is 85.8 cm³/mol. The topological polar surface area (TPSA) is 103 Å². The van der Waals surface area contributed by atoms with Gasteiger partial charge in [0.15, 0.2) is 0 Å². The molecule has 1 atom stereocenters. The fourth-order valence-electron chi connectivity index (χ4n) is 2.40. The minimum Gasteiger partial charge on any atom is -0.469 e. The Balaban J connectivity index is 1.92. The molecule has 126 valence electrons. The van der Waals surface area contributed by atoms with Gasteiger partial charge in [0, 0.05) is 12.5 Å². The number of nitrogens with one attached hydrogen (secondary N) is 1. The van der Waals surface area contributed by atoms with Gasteiger partial charge < -0.3 is 19.0 Å². The second-order valence-electron chi connectivity index (χ2n) is 5.39. The Labute approximate surface area is 138 Å². The molecule has 1 N–H and O–H groups in total. The van der Waals surface area contributed by atoms with Crippen molar-refractivity contribution in [3.63, 3.8) is 0 Å². The number of hydrogen-bond donors (Lipinski definition) is 1. The van der Waals surface area contributed by atoms with Gasteiger partial charge >= 0.3 is 5.97 Å². The molecule has 0 saturated carbocycles. The highest BCUT2D eigenvalue weighted by Crippen LogP contribution is 2.25. The SMILES string of the molecule is CCOC(=O)c1nc(N[C@@H](C)Cc2ccco2)c2c(C)noc2n1. The van der Waals surface area contributed by atoms with Crippen molar-refractivity contribution in [2.45, 2.75) is 33.2 Å². The van der Waals surface area contributed by atoms with Crippen LogP contribution in [0.15, 0.2) is 27.3 Å². The van der Waals surface area contributed by atoms with Crippen LogP contribution in [0.25, 0.3) is 11.1 Å². The highest BCUT2D eigenvalue weighted by atomic mass is 16.5. The van der Waals surface area contributed by atoms with Crippen molar-refractivity contribution >= 4 is 22.9 Å². The summed E-state index contributed by atoms with van der Waals surface area (Å²) in [6.45, 7) is 5.75. The minimum atomic E-state index is -0.602. The normalized spacial score (nSPS) is 12.3. The molecule has 0 aliphatic heterocycles. The Morgan fingerprint density at radius 3 is 2.96 bits per heavy atom. The van der Waals surface area contributed by atoms with Crippen molar-refractivity contribution in [1.29, 1.82) is 0 Å². The number of furan rings is 1. The Morgan fingerprint density at radius 2 is 2.25 bits per heavy atom. The van der Waals surface area contributed by atoms with Crippen molar-refractivity contribution < 1.29 is 18.5 Å². The fraction of sp³-hybridized carbons (Fsp3) is 0.375. The number of carbonyl (C=O) groups is 1. The Morgan fingerprint density at radius 1 is 1.42 bits per heavy atom. The van der Waals surface area contributed by atoms with E-state index in [1.165, 1.54) is 0 Å². The molecular weight excluding hydrogens is 312 g/mol. The Bertz CT molecular complexity index is 841. The molecule has 24 heavy (non-hydrogen) atoms. The molecule has 3 aromatic rings. The van der Waals surface area contributed by atoms with Crippen LogP contribution in [0.4, 0.5) is 5.82 Å². The van der Waals surface area contributed by atoms with Crippen molar-refractivity contribution in [3.8, 4) is 0 Å². The highest BCUT2D eigenvalue weighted by Gasteiger charge is 2.20. The average molecular weight is 330 g/mol. The molecule has 0 aromatic carbocycles. The molecule has 0 spiro atoms. The summed E-state index contributed by atoms with van der Waals surface area (Å²) in [5.41, 5.74) is 0.895. The van der Waals surface area contributed by atoms with E-state index >= 15 is 0 Å². The molecule has 3 heterocycles. The molecule has 0 radical (unpaired) electrons. The number of nitrogens with zero attached hydrogens (tertiary/aromatic N) is 3. The molecule has 8 heteroatoms. The number of fused-ring (bicyclic) bond motifs is 1. The van der Waals surface area contributed by atoms with Crippen LogP contribution >= 0.6 is 0 Å². The first-order valence-electron chi connectivity index (χ1n) is 7.68. The first kappa shape index (κ1) is 16.0. The maximum atomic E-state index is 11.9. The number of aryl methyl sites for hydroxylation is 1. The minimum absolute atomic E-state index is 0.0126. The van der Waals surface area contributed by atoms with E-state index in [9.17, 15) is 4.79 Å². The van der Waals surface area contributed by atoms with Gasteiger partial charge in [-0.2, -0.15) is 4.98 Å². The third-order valence-corrected chi connectivity index (χ3v) is 3.44. The van der Waals surface area contributed by atoms with Crippen molar-refractivity contribution in [1.82, 2.24) is 15.1 Å². The highest BCUT2D eigenvalue weighted by molar-refractivity contribution is 5.93. The van der Waals surface area contributed by atoms with Crippen molar-refractivity contribution in [2.24, 2.45) is 0 Å². The fourth-order valence-corrected chi connectivity index (χ4v) is 2.40. The van der Waals surface area contributed by atoms with Gasteiger partial charge in [0.1, 0.15) is 17.0 Å². The van der Waals surface area contributed by atoms with Gasteiger partial charge in [-0.05, 0) is 32.9 Å². The van der Waals surface area contributed by atoms with E-state index < -0.39 is 5.97 Å². The summed E-state index contributed by atoms with van der Waals surface area (Å²) in [4.78, 5) is 20.3. The third kappa shape index (κ3) is 3.22. The van der Waals surface area contributed by atoms with Gasteiger partial charge in [-0.3, -0.25) is 0 Å². The lowest BCUT2D eigenvalue weighted by molar-refractivity contribution is 0.0512. The van der Waals surface area contributed by atoms with Crippen molar-refractivity contribution in [3.05, 3.63) is 35.7 Å². The Kier molecular flexibility index (Phi) is 4.45. The molecule has 0 bridgehead atoms. The maximum absolute atomic E-state index is 11.9. The first-order chi connectivity index (χ1) is 11.6. The zero-order valence-corrected chi connectivity index (χ0v) is 13.7. The van der Waals surface area contributed by atoms with Crippen LogP contribution in [0.3, 0.4) is 0 Å². The number of carbonyl (C=O) groups excluding carboxylic acids is 1. The van der Waals surface area contributed by atoms with Crippen LogP contribution < -0.4 is 5.32 Å². The predicted octanol–water partition coefficient (Wildman–Crippen LogP) is 2.74. The summed E-state index contributed by atoms with van der Waals surface area (Å²) in [5, 5.41) is 7.81. The number of aromatic nitrogens is 3. The molecule has 0 aliphatic carbocycles. The standard InChI is InChI=1S/C16H18N4O4/c1-4-22-16(21)14-18-13(12-10(3)20-24-15(12)19-14)17-9(2)8-11-6-5-7-23-11/h5-7,9H,4,8H2,1-3H3,(H,17,18,19)/t9-/m0/s1. The van der Waals surface area contributed by atoms with Gasteiger partial charge in [0.05, 0.1) is 18.6 Å². The van der Waals surface area contributed by atoms with E-state index in [2.05, 4.69) is 20.4 Å². The van der Waals surface area contributed by atoms with Crippen LogP contribution in [0.5, 0.6) is 0 Å². The number of anilines is 1. The molecule has 0 saturated heterocycles. The number of rotatable bonds is 6. The number of ether oxygens (including phenoxy) is 1. The van der Waals surface area contributed by atoms with Gasteiger partial charge in [-0.15, -0.1) is 0 Å². The Hall–Kier alpha value is -2.90. The average Bonchev–Trinajstić information content (AvgIpc) is 3.17. The molecule has 0 fully saturated rings. The zero-order valence-electron chi connectivity index (χ0n) is 13.7. The summed E-state index contributed by atoms with van der Waals surface area (Å²) in [6, 6.07) is 3.76. The number of hydrogen-bond acceptors (Lipinski definition) is 8. The maximum Gasteiger partial charge on any atom is 0.376 e. The van der Waals surface area contributed by atoms with E-state index in [-0.39, 0.29) is 24.2 Å². The van der Waals surface area contributed by atoms with Crippen LogP contribution in [0, 0.1) is 6.92 Å². The lowest BCUT2D eigenvalue weighted by Gasteiger charge is -2.14. The molecule has 0 amide bonds. The molecule has 0 unspecified atom stereocenters. The quantitative estimate of drug-likeness (QED) is 0.688. The summed E-state index contributed by atoms with van der Waals surface area (Å²) < 4.78 is 15.5. The smallest absolute Gasteiger partial charge is 0.376 e. The number of esters is 1. The van der Waals surface area contributed by atoms with Gasteiger partial charge in [0.25, 0.3) is 5.71 Å². The van der Waals surface area contributed by atoms with Crippen molar-refractivity contribution in [2.75, 3.05) is 11.9 Å². The lowest BCUT2D eigenvalue weighted by atomic mass is 10.2. The molecule has 3 aromatic heterocycles. The van der Waals surface area contributed by atoms with Gasteiger partial charge in [-0.25, -0.2) is 9.78 Å². The second-order valence-corrected chi connectivity index (χ2v) is 5.39. The first-order valence-corrected chi connectivity index (χ1v) is 7.68. The monoisotopic (exact) mass is 330 g/mol. The van der Waals surface area contributed by atoms with Crippen LogP contribution in [0.2, 0.25) is 0 Å². The van der Waals surface area contributed by atoms with E-state index in [4.69, 9.17) is 13.7 Å². The second kappa shape index (κ2) is 6.69. The molecular formula is C16H18N4O4. The van der Waals surface area contributed by atoms with Crippen LogP contribution in [-0.4, -0.2) is 33.7 Å². The summed E-state index contributed by atoms with van der Waals surface area (Å²) in [7, 11) is 0. The molecule has 8 nitrogen and oxygen atoms in total. The third-order valence-electron chi connectivity index (χ3n) is 3.44. The summed E-state index contributed by atoms with van der Waals surface area (Å²) in [6.07, 6.45) is 2.30. The lowest BCUT2D eigenvalue weighted by Crippen LogP contribution is -2.20. The molecule has 0 aliphatic rings. The van der Waals surface area contributed by atoms with E-state index in [0.717, 1.165) is 5.76 Å². The van der Waals surface area contributed by atoms with Gasteiger partial charge in [0.2, 0.25) is 5.82 Å².